The number of fused-ring (bicyclic) bond motifs is 1. The normalized spacial score (nSPS) is 17.5. The van der Waals surface area contributed by atoms with Crippen LogP contribution in [0.15, 0.2) is 34.9 Å². The van der Waals surface area contributed by atoms with Crippen LogP contribution in [0.3, 0.4) is 0 Å². The molecule has 16 heavy (non-hydrogen) atoms. The Morgan fingerprint density at radius 1 is 1.38 bits per heavy atom. The third-order valence-electron chi connectivity index (χ3n) is 3.42. The van der Waals surface area contributed by atoms with Gasteiger partial charge < -0.3 is 9.21 Å². The van der Waals surface area contributed by atoms with Crippen LogP contribution in [0, 0.1) is 11.8 Å². The standard InChI is InChI=1S/C14H14O2/c15-9-13(10-4-5-10)8-12-3-1-2-11-6-7-16-14(11)12/h1-3,6-7,9-10,13H,4-5,8H2. The topological polar surface area (TPSA) is 30.2 Å². The Kier molecular flexibility index (Phi) is 2.28. The van der Waals surface area contributed by atoms with Gasteiger partial charge in [0.2, 0.25) is 0 Å². The first-order valence-electron chi connectivity index (χ1n) is 5.79. The van der Waals surface area contributed by atoms with Gasteiger partial charge in [-0.25, -0.2) is 0 Å². The number of furan rings is 1. The van der Waals surface area contributed by atoms with Gasteiger partial charge in [0.1, 0.15) is 11.9 Å². The van der Waals surface area contributed by atoms with Crippen LogP contribution < -0.4 is 0 Å². The minimum Gasteiger partial charge on any atom is -0.464 e. The second kappa shape index (κ2) is 3.78. The van der Waals surface area contributed by atoms with Crippen molar-refractivity contribution in [3.8, 4) is 0 Å². The highest BCUT2D eigenvalue weighted by Gasteiger charge is 2.31. The zero-order valence-corrected chi connectivity index (χ0v) is 9.06. The summed E-state index contributed by atoms with van der Waals surface area (Å²) < 4.78 is 5.48. The Bertz CT molecular complexity index is 508. The van der Waals surface area contributed by atoms with E-state index in [9.17, 15) is 4.79 Å². The molecule has 2 nitrogen and oxygen atoms in total. The summed E-state index contributed by atoms with van der Waals surface area (Å²) in [6.45, 7) is 0. The summed E-state index contributed by atoms with van der Waals surface area (Å²) in [5, 5.41) is 1.12. The van der Waals surface area contributed by atoms with Crippen molar-refractivity contribution in [1.82, 2.24) is 0 Å². The number of carbonyl (C=O) groups is 1. The van der Waals surface area contributed by atoms with Crippen LogP contribution in [0.5, 0.6) is 0 Å². The zero-order valence-electron chi connectivity index (χ0n) is 9.06. The number of hydrogen-bond donors (Lipinski definition) is 0. The van der Waals surface area contributed by atoms with Gasteiger partial charge in [-0.05, 0) is 36.8 Å². The van der Waals surface area contributed by atoms with Crippen molar-refractivity contribution in [2.75, 3.05) is 0 Å². The minimum atomic E-state index is 0.177. The monoisotopic (exact) mass is 214 g/mol. The van der Waals surface area contributed by atoms with Gasteiger partial charge in [-0.2, -0.15) is 0 Å². The summed E-state index contributed by atoms with van der Waals surface area (Å²) in [6, 6.07) is 8.09. The molecule has 0 radical (unpaired) electrons. The smallest absolute Gasteiger partial charge is 0.137 e. The molecule has 82 valence electrons. The molecule has 3 rings (SSSR count). The molecular weight excluding hydrogens is 200 g/mol. The van der Waals surface area contributed by atoms with Crippen LogP contribution in [-0.4, -0.2) is 6.29 Å². The van der Waals surface area contributed by atoms with E-state index in [1.807, 2.05) is 18.2 Å². The first kappa shape index (κ1) is 9.64. The lowest BCUT2D eigenvalue weighted by molar-refractivity contribution is -0.111. The first-order chi connectivity index (χ1) is 7.88. The van der Waals surface area contributed by atoms with Crippen molar-refractivity contribution < 1.29 is 9.21 Å². The van der Waals surface area contributed by atoms with Gasteiger partial charge in [0.15, 0.2) is 0 Å². The number of para-hydroxylation sites is 1. The van der Waals surface area contributed by atoms with E-state index in [0.29, 0.717) is 5.92 Å². The SMILES string of the molecule is O=CC(Cc1cccc2ccoc12)C1CC1. The van der Waals surface area contributed by atoms with E-state index in [1.54, 1.807) is 6.26 Å². The van der Waals surface area contributed by atoms with Crippen molar-refractivity contribution in [3.05, 3.63) is 36.1 Å². The second-order valence-electron chi connectivity index (χ2n) is 4.60. The maximum atomic E-state index is 11.0. The summed E-state index contributed by atoms with van der Waals surface area (Å²) in [4.78, 5) is 11.0. The fourth-order valence-electron chi connectivity index (χ4n) is 2.32. The van der Waals surface area contributed by atoms with Gasteiger partial charge in [-0.1, -0.05) is 18.2 Å². The van der Waals surface area contributed by atoms with Crippen molar-refractivity contribution in [2.24, 2.45) is 11.8 Å². The molecule has 1 unspecified atom stereocenters. The molecule has 2 heteroatoms. The minimum absolute atomic E-state index is 0.177. The van der Waals surface area contributed by atoms with Crippen LogP contribution in [0.1, 0.15) is 18.4 Å². The Balaban J connectivity index is 1.92. The highest BCUT2D eigenvalue weighted by Crippen LogP contribution is 2.38. The van der Waals surface area contributed by atoms with Gasteiger partial charge in [0.25, 0.3) is 0 Å². The van der Waals surface area contributed by atoms with E-state index in [4.69, 9.17) is 4.42 Å². The summed E-state index contributed by atoms with van der Waals surface area (Å²) in [7, 11) is 0. The molecule has 1 aromatic carbocycles. The molecule has 2 aromatic rings. The Hall–Kier alpha value is -1.57. The van der Waals surface area contributed by atoms with Gasteiger partial charge in [0, 0.05) is 11.3 Å². The second-order valence-corrected chi connectivity index (χ2v) is 4.60. The maximum Gasteiger partial charge on any atom is 0.137 e. The van der Waals surface area contributed by atoms with Crippen LogP contribution >= 0.6 is 0 Å². The summed E-state index contributed by atoms with van der Waals surface area (Å²) >= 11 is 0. The van der Waals surface area contributed by atoms with E-state index in [0.717, 1.165) is 29.2 Å². The summed E-state index contributed by atoms with van der Waals surface area (Å²) in [5.74, 6) is 0.790. The van der Waals surface area contributed by atoms with E-state index < -0.39 is 0 Å². The van der Waals surface area contributed by atoms with Crippen molar-refractivity contribution in [2.45, 2.75) is 19.3 Å². The molecule has 0 bridgehead atoms. The molecule has 1 aliphatic carbocycles. The van der Waals surface area contributed by atoms with Crippen LogP contribution in [0.2, 0.25) is 0 Å². The Morgan fingerprint density at radius 2 is 2.25 bits per heavy atom. The van der Waals surface area contributed by atoms with E-state index in [2.05, 4.69) is 6.07 Å². The maximum absolute atomic E-state index is 11.0. The Morgan fingerprint density at radius 3 is 3.00 bits per heavy atom. The highest BCUT2D eigenvalue weighted by atomic mass is 16.3. The number of aldehydes is 1. The molecule has 1 fully saturated rings. The van der Waals surface area contributed by atoms with Crippen LogP contribution in [-0.2, 0) is 11.2 Å². The average molecular weight is 214 g/mol. The van der Waals surface area contributed by atoms with Gasteiger partial charge in [0.05, 0.1) is 6.26 Å². The van der Waals surface area contributed by atoms with Gasteiger partial charge in [-0.3, -0.25) is 0 Å². The lowest BCUT2D eigenvalue weighted by Gasteiger charge is -2.08. The summed E-state index contributed by atoms with van der Waals surface area (Å²) in [6.07, 6.45) is 6.05. The van der Waals surface area contributed by atoms with Gasteiger partial charge >= 0.3 is 0 Å². The number of benzene rings is 1. The lowest BCUT2D eigenvalue weighted by Crippen LogP contribution is -2.08. The quantitative estimate of drug-likeness (QED) is 0.731. The van der Waals surface area contributed by atoms with Crippen LogP contribution in [0.25, 0.3) is 11.0 Å². The van der Waals surface area contributed by atoms with Gasteiger partial charge in [-0.15, -0.1) is 0 Å². The molecule has 0 N–H and O–H groups in total. The predicted octanol–water partition coefficient (Wildman–Crippen LogP) is 3.20. The van der Waals surface area contributed by atoms with Crippen molar-refractivity contribution in [1.29, 1.82) is 0 Å². The predicted molar refractivity (Wildman–Crippen MR) is 62.2 cm³/mol. The molecule has 1 aromatic heterocycles. The Labute approximate surface area is 94.3 Å². The molecule has 0 aliphatic heterocycles. The molecule has 1 heterocycles. The lowest BCUT2D eigenvalue weighted by atomic mass is 9.95. The first-order valence-corrected chi connectivity index (χ1v) is 5.79. The molecule has 1 saturated carbocycles. The summed E-state index contributed by atoms with van der Waals surface area (Å²) in [5.41, 5.74) is 2.10. The molecule has 0 saturated heterocycles. The molecule has 0 amide bonds. The number of carbonyl (C=O) groups excluding carboxylic acids is 1. The molecule has 1 atom stereocenters. The van der Waals surface area contributed by atoms with Crippen LogP contribution in [0.4, 0.5) is 0 Å². The number of hydrogen-bond acceptors (Lipinski definition) is 2. The average Bonchev–Trinajstić information content (AvgIpc) is 3.03. The zero-order chi connectivity index (χ0) is 11.0. The highest BCUT2D eigenvalue weighted by molar-refractivity contribution is 5.80. The fourth-order valence-corrected chi connectivity index (χ4v) is 2.32. The van der Waals surface area contributed by atoms with E-state index in [1.165, 1.54) is 12.8 Å². The van der Waals surface area contributed by atoms with E-state index >= 15 is 0 Å². The molecular formula is C14H14O2. The van der Waals surface area contributed by atoms with E-state index in [-0.39, 0.29) is 5.92 Å². The molecule has 0 spiro atoms. The third-order valence-corrected chi connectivity index (χ3v) is 3.42. The van der Waals surface area contributed by atoms with Crippen molar-refractivity contribution in [3.63, 3.8) is 0 Å². The fraction of sp³-hybridized carbons (Fsp3) is 0.357. The third kappa shape index (κ3) is 1.64. The number of rotatable bonds is 4. The molecule has 1 aliphatic rings. The van der Waals surface area contributed by atoms with Crippen molar-refractivity contribution >= 4 is 17.3 Å². The largest absolute Gasteiger partial charge is 0.464 e.